The van der Waals surface area contributed by atoms with Gasteiger partial charge in [0.2, 0.25) is 0 Å². The van der Waals surface area contributed by atoms with Crippen LogP contribution in [0.4, 0.5) is 0 Å². The first-order valence-corrected chi connectivity index (χ1v) is 7.14. The van der Waals surface area contributed by atoms with Crippen molar-refractivity contribution in [3.05, 3.63) is 42.2 Å². The van der Waals surface area contributed by atoms with Crippen molar-refractivity contribution in [2.75, 3.05) is 12.4 Å². The van der Waals surface area contributed by atoms with Crippen LogP contribution < -0.4 is 10.2 Å². The van der Waals surface area contributed by atoms with Crippen LogP contribution >= 0.6 is 11.8 Å². The molecule has 5 nitrogen and oxygen atoms in total. The average molecular weight is 290 g/mol. The molecular formula is C13H15BN2O3S. The van der Waals surface area contributed by atoms with Crippen LogP contribution in [0.3, 0.4) is 0 Å². The lowest BCUT2D eigenvalue weighted by Gasteiger charge is -2.07. The molecular weight excluding hydrogens is 275 g/mol. The third-order valence-electron chi connectivity index (χ3n) is 2.50. The second-order valence-electron chi connectivity index (χ2n) is 4.19. The van der Waals surface area contributed by atoms with Crippen LogP contribution in [0, 0.1) is 6.92 Å². The van der Waals surface area contributed by atoms with Crippen LogP contribution in [0.2, 0.25) is 0 Å². The van der Waals surface area contributed by atoms with Gasteiger partial charge in [0.1, 0.15) is 5.75 Å². The Balaban J connectivity index is 1.78. The van der Waals surface area contributed by atoms with E-state index in [1.807, 2.05) is 6.92 Å². The maximum absolute atomic E-state index is 9.07. The Labute approximate surface area is 122 Å². The Bertz CT molecular complexity index is 552. The van der Waals surface area contributed by atoms with Crippen LogP contribution in [0.5, 0.6) is 5.75 Å². The van der Waals surface area contributed by atoms with E-state index >= 15 is 0 Å². The third-order valence-corrected chi connectivity index (χ3v) is 3.34. The molecule has 1 aromatic heterocycles. The monoisotopic (exact) mass is 290 g/mol. The molecule has 0 atom stereocenters. The highest BCUT2D eigenvalue weighted by molar-refractivity contribution is 7.99. The predicted molar refractivity (Wildman–Crippen MR) is 79.3 cm³/mol. The van der Waals surface area contributed by atoms with Crippen molar-refractivity contribution in [3.8, 4) is 5.75 Å². The normalized spacial score (nSPS) is 10.3. The average Bonchev–Trinajstić information content (AvgIpc) is 2.46. The van der Waals surface area contributed by atoms with Crippen molar-refractivity contribution in [1.82, 2.24) is 9.97 Å². The van der Waals surface area contributed by atoms with E-state index in [4.69, 9.17) is 14.8 Å². The Morgan fingerprint density at radius 3 is 2.70 bits per heavy atom. The molecule has 0 fully saturated rings. The first-order valence-electron chi connectivity index (χ1n) is 6.15. The number of aryl methyl sites for hydroxylation is 1. The van der Waals surface area contributed by atoms with Gasteiger partial charge in [-0.05, 0) is 30.1 Å². The molecule has 0 unspecified atom stereocenters. The number of thioether (sulfide) groups is 1. The number of ether oxygens (including phenoxy) is 1. The van der Waals surface area contributed by atoms with E-state index in [2.05, 4.69) is 9.97 Å². The molecule has 104 valence electrons. The lowest BCUT2D eigenvalue weighted by molar-refractivity contribution is 0.343. The zero-order valence-corrected chi connectivity index (χ0v) is 11.9. The van der Waals surface area contributed by atoms with Gasteiger partial charge >= 0.3 is 7.12 Å². The molecule has 0 aliphatic rings. The maximum atomic E-state index is 9.07. The van der Waals surface area contributed by atoms with Gasteiger partial charge in [-0.2, -0.15) is 0 Å². The van der Waals surface area contributed by atoms with Crippen molar-refractivity contribution in [2.45, 2.75) is 12.1 Å². The topological polar surface area (TPSA) is 75.5 Å². The molecule has 2 aromatic rings. The van der Waals surface area contributed by atoms with Gasteiger partial charge in [0, 0.05) is 18.1 Å². The van der Waals surface area contributed by atoms with Crippen molar-refractivity contribution in [2.24, 2.45) is 0 Å². The number of hydrogen-bond acceptors (Lipinski definition) is 6. The molecule has 0 saturated heterocycles. The van der Waals surface area contributed by atoms with Gasteiger partial charge in [0.05, 0.1) is 6.61 Å². The van der Waals surface area contributed by atoms with Gasteiger partial charge in [-0.3, -0.25) is 0 Å². The van der Waals surface area contributed by atoms with E-state index < -0.39 is 7.12 Å². The third kappa shape index (κ3) is 4.52. The van der Waals surface area contributed by atoms with E-state index in [9.17, 15) is 0 Å². The molecule has 0 spiro atoms. The molecule has 0 aliphatic heterocycles. The Morgan fingerprint density at radius 1 is 1.25 bits per heavy atom. The number of rotatable bonds is 6. The summed E-state index contributed by atoms with van der Waals surface area (Å²) in [5.41, 5.74) is 1.45. The number of benzene rings is 1. The fourth-order valence-electron chi connectivity index (χ4n) is 1.51. The summed E-state index contributed by atoms with van der Waals surface area (Å²) >= 11 is 1.51. The molecule has 0 aliphatic carbocycles. The van der Waals surface area contributed by atoms with Crippen molar-refractivity contribution in [3.63, 3.8) is 0 Å². The minimum absolute atomic E-state index is 0.414. The minimum atomic E-state index is -1.48. The Hall–Kier alpha value is -1.57. The van der Waals surface area contributed by atoms with Crippen LogP contribution in [-0.4, -0.2) is 39.5 Å². The fourth-order valence-corrected chi connectivity index (χ4v) is 2.12. The van der Waals surface area contributed by atoms with Crippen molar-refractivity contribution < 1.29 is 14.8 Å². The van der Waals surface area contributed by atoms with E-state index in [0.29, 0.717) is 17.8 Å². The lowest BCUT2D eigenvalue weighted by Crippen LogP contribution is -2.29. The van der Waals surface area contributed by atoms with Crippen LogP contribution in [-0.2, 0) is 0 Å². The SMILES string of the molecule is Cc1cnc(SCCOc2cccc(B(O)O)c2)nc1. The summed E-state index contributed by atoms with van der Waals surface area (Å²) in [5, 5.41) is 18.9. The van der Waals surface area contributed by atoms with Crippen LogP contribution in [0.15, 0.2) is 41.8 Å². The summed E-state index contributed by atoms with van der Waals surface area (Å²) in [5.74, 6) is 1.33. The van der Waals surface area contributed by atoms with E-state index in [1.54, 1.807) is 36.7 Å². The van der Waals surface area contributed by atoms with Crippen molar-refractivity contribution in [1.29, 1.82) is 0 Å². The molecule has 20 heavy (non-hydrogen) atoms. The summed E-state index contributed by atoms with van der Waals surface area (Å²) in [6, 6.07) is 6.74. The summed E-state index contributed by atoms with van der Waals surface area (Å²) in [7, 11) is -1.48. The van der Waals surface area contributed by atoms with Crippen LogP contribution in [0.25, 0.3) is 0 Å². The second-order valence-corrected chi connectivity index (χ2v) is 5.25. The van der Waals surface area contributed by atoms with Crippen molar-refractivity contribution >= 4 is 24.3 Å². The maximum Gasteiger partial charge on any atom is 0.488 e. The van der Waals surface area contributed by atoms with Gasteiger partial charge in [0.15, 0.2) is 5.16 Å². The zero-order valence-electron chi connectivity index (χ0n) is 11.1. The highest BCUT2D eigenvalue weighted by Crippen LogP contribution is 2.13. The van der Waals surface area contributed by atoms with E-state index in [1.165, 1.54) is 11.8 Å². The highest BCUT2D eigenvalue weighted by atomic mass is 32.2. The number of nitrogens with zero attached hydrogens (tertiary/aromatic N) is 2. The van der Waals surface area contributed by atoms with Gasteiger partial charge in [0.25, 0.3) is 0 Å². The molecule has 2 N–H and O–H groups in total. The Kier molecular flexibility index (Phi) is 5.40. The zero-order chi connectivity index (χ0) is 14.4. The van der Waals surface area contributed by atoms with Gasteiger partial charge in [-0.1, -0.05) is 23.9 Å². The molecule has 0 amide bonds. The van der Waals surface area contributed by atoms with Gasteiger partial charge in [-0.25, -0.2) is 9.97 Å². The summed E-state index contributed by atoms with van der Waals surface area (Å²) in [6.07, 6.45) is 3.56. The molecule has 7 heteroatoms. The van der Waals surface area contributed by atoms with E-state index in [-0.39, 0.29) is 0 Å². The number of hydrogen-bond donors (Lipinski definition) is 2. The minimum Gasteiger partial charge on any atom is -0.493 e. The van der Waals surface area contributed by atoms with Gasteiger partial charge in [-0.15, -0.1) is 0 Å². The number of aromatic nitrogens is 2. The highest BCUT2D eigenvalue weighted by Gasteiger charge is 2.10. The first kappa shape index (κ1) is 14.8. The second kappa shape index (κ2) is 7.28. The molecule has 0 bridgehead atoms. The molecule has 0 saturated carbocycles. The lowest BCUT2D eigenvalue weighted by atomic mass is 9.80. The fraction of sp³-hybridized carbons (Fsp3) is 0.231. The molecule has 0 radical (unpaired) electrons. The van der Waals surface area contributed by atoms with Gasteiger partial charge < -0.3 is 14.8 Å². The summed E-state index contributed by atoms with van der Waals surface area (Å²) in [6.45, 7) is 2.44. The molecule has 1 heterocycles. The quantitative estimate of drug-likeness (QED) is 0.352. The smallest absolute Gasteiger partial charge is 0.488 e. The van der Waals surface area contributed by atoms with Crippen LogP contribution in [0.1, 0.15) is 5.56 Å². The molecule has 2 rings (SSSR count). The summed E-state index contributed by atoms with van der Waals surface area (Å²) in [4.78, 5) is 8.38. The summed E-state index contributed by atoms with van der Waals surface area (Å²) < 4.78 is 5.54. The largest absolute Gasteiger partial charge is 0.493 e. The first-order chi connectivity index (χ1) is 9.65. The predicted octanol–water partition coefficient (Wildman–Crippen LogP) is 0.636. The standard InChI is InChI=1S/C13H15BN2O3S/c1-10-8-15-13(16-9-10)20-6-5-19-12-4-2-3-11(7-12)14(17)18/h2-4,7-9,17-18H,5-6H2,1H3. The molecule has 1 aromatic carbocycles. The van der Waals surface area contributed by atoms with E-state index in [0.717, 1.165) is 16.5 Å². The Morgan fingerprint density at radius 2 is 2.00 bits per heavy atom.